The number of hydrogen-bond acceptors (Lipinski definition) is 14. The number of carboxylic acid groups (broad SMARTS) is 1. The van der Waals surface area contributed by atoms with Crippen LogP contribution >= 0.6 is 0 Å². The summed E-state index contributed by atoms with van der Waals surface area (Å²) in [7, 11) is 0. The van der Waals surface area contributed by atoms with E-state index in [1.165, 1.54) is 50.4 Å². The molecule has 0 amide bonds. The van der Waals surface area contributed by atoms with Crippen LogP contribution < -0.4 is 125 Å². The number of carbonyl (C=O) groups excluding carboxylic acids is 2. The van der Waals surface area contributed by atoms with Crippen molar-refractivity contribution in [1.82, 2.24) is 19.9 Å². The Balaban J connectivity index is 0.000000484. The molecule has 2 aliphatic rings. The molecule has 2 aromatic carbocycles. The summed E-state index contributed by atoms with van der Waals surface area (Å²) in [6, 6.07) is 15.8. The molecule has 52 heavy (non-hydrogen) atoms. The molecule has 6 rings (SSSR count). The van der Waals surface area contributed by atoms with Gasteiger partial charge in [0.25, 0.3) is 5.56 Å². The molecule has 0 saturated carbocycles. The Hall–Kier alpha value is -2.70. The Labute approximate surface area is 368 Å². The third kappa shape index (κ3) is 13.6. The SMILES string of the molecule is CCOC(=O)c1cnc(Nc2ccc(N3CCCCC3)cc2)[nH]c1=O.O=C([O-])c1cnc(Nc2ccc(N3CCCCC3)cc2)nc1[O-].[Na+].[Na+].[Na+].[OH-]. The third-order valence-corrected chi connectivity index (χ3v) is 7.96. The molecular formula is C34H39N8Na3O7. The van der Waals surface area contributed by atoms with Crippen LogP contribution in [0.15, 0.2) is 65.7 Å². The van der Waals surface area contributed by atoms with Crippen molar-refractivity contribution >= 4 is 46.6 Å². The first-order valence-electron chi connectivity index (χ1n) is 16.1. The van der Waals surface area contributed by atoms with Gasteiger partial charge in [-0.05, 0) is 94.0 Å². The van der Waals surface area contributed by atoms with Crippen molar-refractivity contribution in [3.63, 3.8) is 0 Å². The van der Waals surface area contributed by atoms with Crippen molar-refractivity contribution in [2.45, 2.75) is 45.4 Å². The number of nitrogens with one attached hydrogen (secondary N) is 3. The summed E-state index contributed by atoms with van der Waals surface area (Å²) in [4.78, 5) is 53.0. The van der Waals surface area contributed by atoms with E-state index in [1.807, 2.05) is 36.4 Å². The van der Waals surface area contributed by atoms with Crippen molar-refractivity contribution in [2.75, 3.05) is 53.2 Å². The van der Waals surface area contributed by atoms with E-state index in [-0.39, 0.29) is 118 Å². The standard InChI is InChI=1S/C18H22N4O3.C16H18N4O3.3Na.H2O/c1-2-25-17(24)15-12-19-18(21-16(15)23)20-13-6-8-14(9-7-13)22-10-4-3-5-11-22;21-14-13(15(22)23)10-17-16(19-14)18-11-4-6-12(7-5-11)20-8-2-1-3-9-20;;;;/h6-9,12H,2-5,10-11H2,1H3,(H2,19,20,21,23);4-7,10H,1-3,8-9H2,(H,22,23)(H2,17,18,19,21);;;;1H2/q;;3*+1;/p-3. The molecule has 0 bridgehead atoms. The topological polar surface area (TPSA) is 222 Å². The molecule has 2 fully saturated rings. The van der Waals surface area contributed by atoms with E-state index in [0.29, 0.717) is 0 Å². The number of aromatic carboxylic acids is 1. The zero-order valence-electron chi connectivity index (χ0n) is 30.2. The molecule has 0 aliphatic carbocycles. The number of benzene rings is 2. The number of ether oxygens (including phenoxy) is 1. The molecule has 0 spiro atoms. The van der Waals surface area contributed by atoms with Gasteiger partial charge in [-0.25, -0.2) is 19.7 Å². The molecule has 260 valence electrons. The van der Waals surface area contributed by atoms with E-state index < -0.39 is 28.9 Å². The third-order valence-electron chi connectivity index (χ3n) is 7.96. The molecule has 15 nitrogen and oxygen atoms in total. The van der Waals surface area contributed by atoms with E-state index in [0.717, 1.165) is 49.4 Å². The van der Waals surface area contributed by atoms with Crippen LogP contribution in [0.25, 0.3) is 0 Å². The van der Waals surface area contributed by atoms with Gasteiger partial charge in [-0.3, -0.25) is 9.78 Å². The first kappa shape index (κ1) is 47.3. The number of rotatable bonds is 9. The van der Waals surface area contributed by atoms with Gasteiger partial charge in [0.1, 0.15) is 5.56 Å². The summed E-state index contributed by atoms with van der Waals surface area (Å²) in [5.74, 6) is -2.77. The number of H-pyrrole nitrogens is 1. The average Bonchev–Trinajstić information content (AvgIpc) is 3.10. The Morgan fingerprint density at radius 3 is 1.69 bits per heavy atom. The van der Waals surface area contributed by atoms with Gasteiger partial charge < -0.3 is 45.7 Å². The van der Waals surface area contributed by atoms with Crippen LogP contribution in [0.2, 0.25) is 0 Å². The summed E-state index contributed by atoms with van der Waals surface area (Å²) in [5.41, 5.74) is 2.72. The summed E-state index contributed by atoms with van der Waals surface area (Å²) in [5, 5.41) is 28.1. The minimum absolute atomic E-state index is 0. The maximum absolute atomic E-state index is 12.0. The van der Waals surface area contributed by atoms with E-state index >= 15 is 0 Å². The van der Waals surface area contributed by atoms with Crippen LogP contribution in [0.1, 0.15) is 66.2 Å². The molecule has 0 unspecified atom stereocenters. The number of aromatic amines is 1. The predicted molar refractivity (Wildman–Crippen MR) is 180 cm³/mol. The van der Waals surface area contributed by atoms with Crippen LogP contribution in [0.5, 0.6) is 5.88 Å². The van der Waals surface area contributed by atoms with Gasteiger partial charge in [0, 0.05) is 66.6 Å². The largest absolute Gasteiger partial charge is 1.00 e. The minimum Gasteiger partial charge on any atom is -0.870 e. The van der Waals surface area contributed by atoms with Gasteiger partial charge in [-0.15, -0.1) is 0 Å². The molecule has 0 radical (unpaired) electrons. The van der Waals surface area contributed by atoms with Crippen molar-refractivity contribution in [1.29, 1.82) is 0 Å². The summed E-state index contributed by atoms with van der Waals surface area (Å²) >= 11 is 0. The fourth-order valence-electron chi connectivity index (χ4n) is 5.46. The Kier molecular flexibility index (Phi) is 21.7. The van der Waals surface area contributed by atoms with Gasteiger partial charge in [-0.1, -0.05) is 0 Å². The van der Waals surface area contributed by atoms with Crippen LogP contribution in [-0.4, -0.2) is 70.1 Å². The molecule has 4 heterocycles. The van der Waals surface area contributed by atoms with E-state index in [1.54, 1.807) is 6.92 Å². The van der Waals surface area contributed by atoms with Gasteiger partial charge in [0.2, 0.25) is 11.9 Å². The second-order valence-electron chi connectivity index (χ2n) is 11.3. The van der Waals surface area contributed by atoms with Crippen molar-refractivity contribution in [3.05, 3.63) is 82.4 Å². The summed E-state index contributed by atoms with van der Waals surface area (Å²) < 4.78 is 4.81. The normalized spacial score (nSPS) is 13.2. The molecular weight excluding hydrogens is 701 g/mol. The maximum Gasteiger partial charge on any atom is 1.00 e. The smallest absolute Gasteiger partial charge is 0.870 e. The molecule has 4 aromatic rings. The molecule has 2 aromatic heterocycles. The van der Waals surface area contributed by atoms with Crippen LogP contribution in [-0.2, 0) is 4.74 Å². The van der Waals surface area contributed by atoms with E-state index in [9.17, 15) is 24.6 Å². The first-order chi connectivity index (χ1) is 23.3. The van der Waals surface area contributed by atoms with Gasteiger partial charge in [0.05, 0.1) is 18.8 Å². The fraction of sp³-hybridized carbons (Fsp3) is 0.353. The maximum atomic E-state index is 12.0. The number of anilines is 6. The van der Waals surface area contributed by atoms with Crippen molar-refractivity contribution < 1.29 is 119 Å². The Morgan fingerprint density at radius 1 is 0.769 bits per heavy atom. The first-order valence-corrected chi connectivity index (χ1v) is 16.1. The number of piperidine rings is 2. The second kappa shape index (κ2) is 23.9. The summed E-state index contributed by atoms with van der Waals surface area (Å²) in [6.07, 6.45) is 9.66. The fourth-order valence-corrected chi connectivity index (χ4v) is 5.46. The number of carbonyl (C=O) groups is 2. The molecule has 18 heteroatoms. The number of aromatic nitrogens is 4. The molecule has 2 aliphatic heterocycles. The predicted octanol–water partition coefficient (Wildman–Crippen LogP) is -5.84. The molecule has 4 N–H and O–H groups in total. The number of esters is 1. The quantitative estimate of drug-likeness (QED) is 0.108. The second-order valence-corrected chi connectivity index (χ2v) is 11.3. The zero-order chi connectivity index (χ0) is 33.9. The van der Waals surface area contributed by atoms with E-state index in [2.05, 4.69) is 52.5 Å². The van der Waals surface area contributed by atoms with Crippen LogP contribution in [0.3, 0.4) is 0 Å². The zero-order valence-corrected chi connectivity index (χ0v) is 36.2. The van der Waals surface area contributed by atoms with Gasteiger partial charge >= 0.3 is 94.6 Å². The number of nitrogens with zero attached hydrogens (tertiary/aromatic N) is 5. The Morgan fingerprint density at radius 2 is 1.25 bits per heavy atom. The van der Waals surface area contributed by atoms with Gasteiger partial charge in [0.15, 0.2) is 0 Å². The molecule has 0 atom stereocenters. The average molecular weight is 741 g/mol. The number of hydrogen-bond donors (Lipinski definition) is 3. The monoisotopic (exact) mass is 740 g/mol. The van der Waals surface area contributed by atoms with E-state index in [4.69, 9.17) is 4.74 Å². The number of carboxylic acids is 1. The molecule has 2 saturated heterocycles. The Bertz CT molecular complexity index is 1750. The van der Waals surface area contributed by atoms with Gasteiger partial charge in [-0.2, -0.15) is 0 Å². The minimum atomic E-state index is -1.58. The summed E-state index contributed by atoms with van der Waals surface area (Å²) in [6.45, 7) is 6.22. The van der Waals surface area contributed by atoms with Crippen molar-refractivity contribution in [3.8, 4) is 5.88 Å². The van der Waals surface area contributed by atoms with Crippen molar-refractivity contribution in [2.24, 2.45) is 0 Å². The van der Waals surface area contributed by atoms with Crippen LogP contribution in [0.4, 0.5) is 34.6 Å². The van der Waals surface area contributed by atoms with Crippen LogP contribution in [0, 0.1) is 0 Å².